The van der Waals surface area contributed by atoms with Crippen LogP contribution in [0.1, 0.15) is 39.8 Å². The number of hydrogen-bond donors (Lipinski definition) is 2. The molecule has 0 unspecified atom stereocenters. The molecule has 0 atom stereocenters. The fraction of sp³-hybridized carbons (Fsp3) is 0.304. The van der Waals surface area contributed by atoms with Crippen molar-refractivity contribution in [3.8, 4) is 0 Å². The highest BCUT2D eigenvalue weighted by Crippen LogP contribution is 2.20. The van der Waals surface area contributed by atoms with Crippen molar-refractivity contribution in [2.45, 2.75) is 45.9 Å². The largest absolute Gasteiger partial charge is 0.345 e. The Morgan fingerprint density at radius 1 is 1.06 bits per heavy atom. The van der Waals surface area contributed by atoms with Gasteiger partial charge in [0.2, 0.25) is 5.91 Å². The first kappa shape index (κ1) is 22.6. The molecular formula is C23H27N5O2S. The molecule has 1 heterocycles. The van der Waals surface area contributed by atoms with Crippen LogP contribution >= 0.6 is 11.8 Å². The van der Waals surface area contributed by atoms with Gasteiger partial charge in [-0.3, -0.25) is 9.59 Å². The van der Waals surface area contributed by atoms with Crippen LogP contribution in [0.2, 0.25) is 0 Å². The second-order valence-electron chi connectivity index (χ2n) is 7.28. The Hall–Kier alpha value is -3.13. The molecule has 0 aliphatic heterocycles. The van der Waals surface area contributed by atoms with Crippen molar-refractivity contribution in [2.24, 2.45) is 0 Å². The van der Waals surface area contributed by atoms with Gasteiger partial charge in [-0.25, -0.2) is 0 Å². The molecule has 0 fully saturated rings. The van der Waals surface area contributed by atoms with E-state index in [2.05, 4.69) is 20.8 Å². The first-order valence-corrected chi connectivity index (χ1v) is 11.1. The van der Waals surface area contributed by atoms with Gasteiger partial charge < -0.3 is 15.2 Å². The first-order chi connectivity index (χ1) is 14.9. The Morgan fingerprint density at radius 3 is 2.58 bits per heavy atom. The molecule has 162 valence electrons. The Morgan fingerprint density at radius 2 is 1.84 bits per heavy atom. The minimum Gasteiger partial charge on any atom is -0.345 e. The van der Waals surface area contributed by atoms with Gasteiger partial charge in [-0.15, -0.1) is 10.2 Å². The lowest BCUT2D eigenvalue weighted by atomic mass is 10.1. The van der Waals surface area contributed by atoms with Crippen molar-refractivity contribution >= 4 is 29.3 Å². The van der Waals surface area contributed by atoms with E-state index < -0.39 is 0 Å². The fourth-order valence-corrected chi connectivity index (χ4v) is 3.95. The van der Waals surface area contributed by atoms with Crippen LogP contribution in [-0.2, 0) is 17.9 Å². The summed E-state index contributed by atoms with van der Waals surface area (Å²) >= 11 is 1.33. The summed E-state index contributed by atoms with van der Waals surface area (Å²) in [7, 11) is 0. The van der Waals surface area contributed by atoms with E-state index in [1.165, 1.54) is 11.8 Å². The van der Waals surface area contributed by atoms with Crippen LogP contribution in [0.25, 0.3) is 0 Å². The first-order valence-electron chi connectivity index (χ1n) is 10.1. The number of carbonyl (C=O) groups is 2. The molecule has 2 N–H and O–H groups in total. The molecule has 3 aromatic rings. The van der Waals surface area contributed by atoms with Crippen LogP contribution in [-0.4, -0.2) is 32.3 Å². The van der Waals surface area contributed by atoms with Crippen molar-refractivity contribution in [1.29, 1.82) is 0 Å². The van der Waals surface area contributed by atoms with Crippen LogP contribution < -0.4 is 10.6 Å². The maximum Gasteiger partial charge on any atom is 0.251 e. The van der Waals surface area contributed by atoms with E-state index in [4.69, 9.17) is 0 Å². The zero-order chi connectivity index (χ0) is 22.4. The highest BCUT2D eigenvalue weighted by molar-refractivity contribution is 7.99. The van der Waals surface area contributed by atoms with Crippen molar-refractivity contribution in [2.75, 3.05) is 11.1 Å². The smallest absolute Gasteiger partial charge is 0.251 e. The summed E-state index contributed by atoms with van der Waals surface area (Å²) in [5.74, 6) is 0.623. The third kappa shape index (κ3) is 5.73. The number of carbonyl (C=O) groups excluding carboxylic acids is 2. The Kier molecular flexibility index (Phi) is 7.46. The summed E-state index contributed by atoms with van der Waals surface area (Å²) in [6, 6.07) is 13.3. The van der Waals surface area contributed by atoms with Gasteiger partial charge in [-0.1, -0.05) is 41.6 Å². The van der Waals surface area contributed by atoms with Crippen molar-refractivity contribution in [3.05, 3.63) is 70.5 Å². The van der Waals surface area contributed by atoms with Crippen LogP contribution in [0.4, 0.5) is 5.69 Å². The summed E-state index contributed by atoms with van der Waals surface area (Å²) in [5.41, 5.74) is 4.65. The van der Waals surface area contributed by atoms with Gasteiger partial charge in [0.15, 0.2) is 11.0 Å². The second kappa shape index (κ2) is 10.3. The Labute approximate surface area is 186 Å². The number of nitrogens with one attached hydrogen (secondary N) is 2. The van der Waals surface area contributed by atoms with Crippen LogP contribution in [0.5, 0.6) is 0 Å². The molecule has 2 amide bonds. The average Bonchev–Trinajstić information content (AvgIpc) is 3.15. The quantitative estimate of drug-likeness (QED) is 0.522. The standard InChI is InChI=1S/C23H27N5O2S/c1-5-28-20(13-24-22(30)18-10-6-8-15(2)12-18)26-27-23(28)31-14-21(29)25-19-11-7-9-16(3)17(19)4/h6-12H,5,13-14H2,1-4H3,(H,24,30)(H,25,29). The maximum atomic E-state index is 12.4. The number of thioether (sulfide) groups is 1. The molecule has 0 saturated heterocycles. The van der Waals surface area contributed by atoms with Gasteiger partial charge in [0.05, 0.1) is 12.3 Å². The molecule has 0 spiro atoms. The molecule has 3 rings (SSSR count). The van der Waals surface area contributed by atoms with Gasteiger partial charge in [-0.05, 0) is 57.0 Å². The van der Waals surface area contributed by atoms with Gasteiger partial charge in [-0.2, -0.15) is 0 Å². The lowest BCUT2D eigenvalue weighted by molar-refractivity contribution is -0.113. The van der Waals surface area contributed by atoms with Crippen LogP contribution in [0.15, 0.2) is 47.6 Å². The minimum absolute atomic E-state index is 0.0985. The van der Waals surface area contributed by atoms with E-state index in [9.17, 15) is 9.59 Å². The molecule has 0 saturated carbocycles. The highest BCUT2D eigenvalue weighted by atomic mass is 32.2. The lowest BCUT2D eigenvalue weighted by Crippen LogP contribution is -2.25. The van der Waals surface area contributed by atoms with Crippen molar-refractivity contribution in [1.82, 2.24) is 20.1 Å². The van der Waals surface area contributed by atoms with Gasteiger partial charge in [0, 0.05) is 17.8 Å². The molecule has 0 aliphatic rings. The molecule has 0 aliphatic carbocycles. The zero-order valence-electron chi connectivity index (χ0n) is 18.2. The van der Waals surface area contributed by atoms with E-state index in [1.807, 2.05) is 68.7 Å². The third-order valence-corrected chi connectivity index (χ3v) is 5.97. The number of anilines is 1. The SMILES string of the molecule is CCn1c(CNC(=O)c2cccc(C)c2)nnc1SCC(=O)Nc1cccc(C)c1C. The highest BCUT2D eigenvalue weighted by Gasteiger charge is 2.15. The summed E-state index contributed by atoms with van der Waals surface area (Å²) in [5, 5.41) is 14.9. The number of hydrogen-bond acceptors (Lipinski definition) is 5. The minimum atomic E-state index is -0.156. The number of rotatable bonds is 8. The number of aromatic nitrogens is 3. The number of benzene rings is 2. The average molecular weight is 438 g/mol. The summed E-state index contributed by atoms with van der Waals surface area (Å²) < 4.78 is 1.91. The van der Waals surface area contributed by atoms with E-state index in [0.717, 1.165) is 22.4 Å². The molecule has 2 aromatic carbocycles. The van der Waals surface area contributed by atoms with E-state index in [-0.39, 0.29) is 24.1 Å². The number of amides is 2. The summed E-state index contributed by atoms with van der Waals surface area (Å²) in [6.07, 6.45) is 0. The van der Waals surface area contributed by atoms with E-state index in [1.54, 1.807) is 6.07 Å². The normalized spacial score (nSPS) is 10.7. The topological polar surface area (TPSA) is 88.9 Å². The zero-order valence-corrected chi connectivity index (χ0v) is 19.0. The van der Waals surface area contributed by atoms with Crippen molar-refractivity contribution in [3.63, 3.8) is 0 Å². The van der Waals surface area contributed by atoms with Gasteiger partial charge in [0.25, 0.3) is 5.91 Å². The fourth-order valence-electron chi connectivity index (χ4n) is 3.12. The molecule has 1 aromatic heterocycles. The third-order valence-electron chi connectivity index (χ3n) is 5.01. The molecule has 8 heteroatoms. The van der Waals surface area contributed by atoms with E-state index >= 15 is 0 Å². The predicted octanol–water partition coefficient (Wildman–Crippen LogP) is 3.88. The van der Waals surface area contributed by atoms with Crippen LogP contribution in [0, 0.1) is 20.8 Å². The van der Waals surface area contributed by atoms with Crippen LogP contribution in [0.3, 0.4) is 0 Å². The van der Waals surface area contributed by atoms with Gasteiger partial charge >= 0.3 is 0 Å². The number of nitrogens with zero attached hydrogens (tertiary/aromatic N) is 3. The lowest BCUT2D eigenvalue weighted by Gasteiger charge is -2.11. The van der Waals surface area contributed by atoms with Crippen molar-refractivity contribution < 1.29 is 9.59 Å². The monoisotopic (exact) mass is 437 g/mol. The summed E-state index contributed by atoms with van der Waals surface area (Å²) in [6.45, 7) is 8.85. The summed E-state index contributed by atoms with van der Waals surface area (Å²) in [4.78, 5) is 24.8. The van der Waals surface area contributed by atoms with E-state index in [0.29, 0.717) is 23.1 Å². The Bertz CT molecular complexity index is 1090. The molecule has 0 radical (unpaired) electrons. The molecule has 0 bridgehead atoms. The Balaban J connectivity index is 1.58. The molecule has 7 nitrogen and oxygen atoms in total. The molecular weight excluding hydrogens is 410 g/mol. The van der Waals surface area contributed by atoms with Gasteiger partial charge in [0.1, 0.15) is 0 Å². The molecule has 31 heavy (non-hydrogen) atoms. The predicted molar refractivity (Wildman–Crippen MR) is 123 cm³/mol. The number of aryl methyl sites for hydroxylation is 2. The second-order valence-corrected chi connectivity index (χ2v) is 8.22. The maximum absolute atomic E-state index is 12.4.